The van der Waals surface area contributed by atoms with Crippen molar-refractivity contribution >= 4 is 22.5 Å². The molecule has 3 rings (SSSR count). The van der Waals surface area contributed by atoms with Crippen LogP contribution in [0, 0.1) is 5.92 Å². The molecule has 3 heteroatoms. The maximum Gasteiger partial charge on any atom is 0.0483 e. The highest BCUT2D eigenvalue weighted by molar-refractivity contribution is 6.31. The average molecular weight is 263 g/mol. The Hall–Kier alpha value is -0.990. The summed E-state index contributed by atoms with van der Waals surface area (Å²) in [6.45, 7) is 1.11. The lowest BCUT2D eigenvalue weighted by Gasteiger charge is -2.23. The highest BCUT2D eigenvalue weighted by Crippen LogP contribution is 2.34. The first-order valence-corrected chi connectivity index (χ1v) is 6.98. The van der Waals surface area contributed by atoms with E-state index in [1.54, 1.807) is 0 Å². The van der Waals surface area contributed by atoms with Crippen LogP contribution in [0.1, 0.15) is 17.7 Å². The number of fused-ring (bicyclic) bond motifs is 3. The van der Waals surface area contributed by atoms with Crippen LogP contribution in [0.3, 0.4) is 0 Å². The molecule has 1 aromatic carbocycles. The van der Waals surface area contributed by atoms with E-state index in [9.17, 15) is 0 Å². The lowest BCUT2D eigenvalue weighted by molar-refractivity contribution is 0.434. The van der Waals surface area contributed by atoms with E-state index in [0.29, 0.717) is 0 Å². The summed E-state index contributed by atoms with van der Waals surface area (Å²) in [6, 6.07) is 6.25. The summed E-state index contributed by atoms with van der Waals surface area (Å²) < 4.78 is 2.34. The van der Waals surface area contributed by atoms with Crippen molar-refractivity contribution in [2.45, 2.75) is 19.3 Å². The predicted octanol–water partition coefficient (Wildman–Crippen LogP) is 3.16. The van der Waals surface area contributed by atoms with Gasteiger partial charge in [0.15, 0.2) is 0 Å². The van der Waals surface area contributed by atoms with Gasteiger partial charge in [-0.15, -0.1) is 0 Å². The van der Waals surface area contributed by atoms with Crippen LogP contribution in [0.15, 0.2) is 18.2 Å². The Labute approximate surface area is 113 Å². The van der Waals surface area contributed by atoms with Crippen LogP contribution in [0.2, 0.25) is 5.02 Å². The molecule has 18 heavy (non-hydrogen) atoms. The standard InChI is InChI=1S/C15H19ClN2/c1-17-9-10-3-5-14-12(7-10)13-8-11(16)4-6-15(13)18(14)2/h4,6,8,10,17H,3,5,7,9H2,1-2H3. The van der Waals surface area contributed by atoms with E-state index in [-0.39, 0.29) is 0 Å². The Balaban J connectivity index is 2.12. The van der Waals surface area contributed by atoms with Gasteiger partial charge in [0.25, 0.3) is 0 Å². The van der Waals surface area contributed by atoms with Crippen molar-refractivity contribution in [2.24, 2.45) is 13.0 Å². The number of aromatic nitrogens is 1. The van der Waals surface area contributed by atoms with E-state index in [4.69, 9.17) is 11.6 Å². The van der Waals surface area contributed by atoms with Crippen molar-refractivity contribution < 1.29 is 0 Å². The minimum atomic E-state index is 0.757. The van der Waals surface area contributed by atoms with Crippen LogP contribution in [0.5, 0.6) is 0 Å². The molecule has 0 radical (unpaired) electrons. The first-order chi connectivity index (χ1) is 8.70. The number of nitrogens with one attached hydrogen (secondary N) is 1. The highest BCUT2D eigenvalue weighted by Gasteiger charge is 2.23. The van der Waals surface area contributed by atoms with Crippen molar-refractivity contribution in [3.05, 3.63) is 34.5 Å². The third-order valence-electron chi connectivity index (χ3n) is 4.17. The molecule has 1 aromatic heterocycles. The van der Waals surface area contributed by atoms with Gasteiger partial charge in [-0.25, -0.2) is 0 Å². The van der Waals surface area contributed by atoms with Crippen molar-refractivity contribution in [1.82, 2.24) is 9.88 Å². The summed E-state index contributed by atoms with van der Waals surface area (Å²) in [5.41, 5.74) is 4.33. The Kier molecular flexibility index (Phi) is 3.08. The monoisotopic (exact) mass is 262 g/mol. The van der Waals surface area contributed by atoms with Crippen LogP contribution in [0.25, 0.3) is 10.9 Å². The summed E-state index contributed by atoms with van der Waals surface area (Å²) in [6.07, 6.45) is 3.64. The molecule has 2 aromatic rings. The van der Waals surface area contributed by atoms with E-state index in [2.05, 4.69) is 29.1 Å². The predicted molar refractivity (Wildman–Crippen MR) is 77.4 cm³/mol. The molecular formula is C15H19ClN2. The van der Waals surface area contributed by atoms with Gasteiger partial charge < -0.3 is 9.88 Å². The number of hydrogen-bond donors (Lipinski definition) is 1. The van der Waals surface area contributed by atoms with Crippen molar-refractivity contribution in [3.8, 4) is 0 Å². The van der Waals surface area contributed by atoms with E-state index in [1.807, 2.05) is 13.1 Å². The van der Waals surface area contributed by atoms with Gasteiger partial charge in [0.1, 0.15) is 0 Å². The molecule has 2 nitrogen and oxygen atoms in total. The summed E-state index contributed by atoms with van der Waals surface area (Å²) in [5, 5.41) is 5.49. The van der Waals surface area contributed by atoms with Crippen LogP contribution in [-0.4, -0.2) is 18.2 Å². The van der Waals surface area contributed by atoms with Gasteiger partial charge in [-0.2, -0.15) is 0 Å². The molecule has 1 unspecified atom stereocenters. The first-order valence-electron chi connectivity index (χ1n) is 6.61. The SMILES string of the molecule is CNCC1CCc2c(c3cc(Cl)ccc3n2C)C1. The molecule has 0 aliphatic heterocycles. The molecule has 0 amide bonds. The molecular weight excluding hydrogens is 244 g/mol. The fourth-order valence-corrected chi connectivity index (χ4v) is 3.46. The fraction of sp³-hybridized carbons (Fsp3) is 0.467. The van der Waals surface area contributed by atoms with Crippen LogP contribution in [-0.2, 0) is 19.9 Å². The van der Waals surface area contributed by atoms with Crippen LogP contribution >= 0.6 is 11.6 Å². The second kappa shape index (κ2) is 4.60. The Bertz CT molecular complexity index is 586. The molecule has 0 spiro atoms. The molecule has 0 fully saturated rings. The average Bonchev–Trinajstić information content (AvgIpc) is 2.63. The zero-order valence-electron chi connectivity index (χ0n) is 11.0. The molecule has 1 N–H and O–H groups in total. The number of halogens is 1. The van der Waals surface area contributed by atoms with Gasteiger partial charge in [0.2, 0.25) is 0 Å². The molecule has 1 heterocycles. The third-order valence-corrected chi connectivity index (χ3v) is 4.41. The molecule has 96 valence electrons. The smallest absolute Gasteiger partial charge is 0.0483 e. The summed E-state index contributed by atoms with van der Waals surface area (Å²) in [5.74, 6) is 0.757. The highest BCUT2D eigenvalue weighted by atomic mass is 35.5. The minimum Gasteiger partial charge on any atom is -0.347 e. The van der Waals surface area contributed by atoms with Gasteiger partial charge in [0, 0.05) is 28.7 Å². The quantitative estimate of drug-likeness (QED) is 0.880. The second-order valence-electron chi connectivity index (χ2n) is 5.31. The normalized spacial score (nSPS) is 19.2. The van der Waals surface area contributed by atoms with Gasteiger partial charge in [-0.1, -0.05) is 11.6 Å². The van der Waals surface area contributed by atoms with Crippen LogP contribution in [0.4, 0.5) is 0 Å². The van der Waals surface area contributed by atoms with Gasteiger partial charge in [0.05, 0.1) is 0 Å². The zero-order valence-corrected chi connectivity index (χ0v) is 11.7. The van der Waals surface area contributed by atoms with Gasteiger partial charge in [-0.3, -0.25) is 0 Å². The number of aryl methyl sites for hydroxylation is 1. The maximum absolute atomic E-state index is 6.15. The topological polar surface area (TPSA) is 17.0 Å². The first kappa shape index (κ1) is 12.1. The largest absolute Gasteiger partial charge is 0.347 e. The second-order valence-corrected chi connectivity index (χ2v) is 5.75. The van der Waals surface area contributed by atoms with Crippen molar-refractivity contribution in [1.29, 1.82) is 0 Å². The van der Waals surface area contributed by atoms with E-state index >= 15 is 0 Å². The van der Waals surface area contributed by atoms with E-state index in [1.165, 1.54) is 41.4 Å². The molecule has 0 saturated carbocycles. The maximum atomic E-state index is 6.15. The molecule has 1 aliphatic rings. The van der Waals surface area contributed by atoms with Crippen molar-refractivity contribution in [2.75, 3.05) is 13.6 Å². The molecule has 1 aliphatic carbocycles. The molecule has 1 atom stereocenters. The molecule has 0 bridgehead atoms. The van der Waals surface area contributed by atoms with E-state index in [0.717, 1.165) is 17.5 Å². The Morgan fingerprint density at radius 1 is 1.44 bits per heavy atom. The van der Waals surface area contributed by atoms with Gasteiger partial charge >= 0.3 is 0 Å². The summed E-state index contributed by atoms with van der Waals surface area (Å²) in [7, 11) is 4.21. The minimum absolute atomic E-state index is 0.757. The summed E-state index contributed by atoms with van der Waals surface area (Å²) in [4.78, 5) is 0. The zero-order chi connectivity index (χ0) is 12.7. The Morgan fingerprint density at radius 2 is 2.28 bits per heavy atom. The number of hydrogen-bond acceptors (Lipinski definition) is 1. The lowest BCUT2D eigenvalue weighted by Crippen LogP contribution is -2.25. The van der Waals surface area contributed by atoms with Crippen LogP contribution < -0.4 is 5.32 Å². The lowest BCUT2D eigenvalue weighted by atomic mass is 9.86. The van der Waals surface area contributed by atoms with E-state index < -0.39 is 0 Å². The third kappa shape index (κ3) is 1.84. The number of rotatable bonds is 2. The Morgan fingerprint density at radius 3 is 3.06 bits per heavy atom. The van der Waals surface area contributed by atoms with Crippen molar-refractivity contribution in [3.63, 3.8) is 0 Å². The number of nitrogens with zero attached hydrogens (tertiary/aromatic N) is 1. The van der Waals surface area contributed by atoms with Gasteiger partial charge in [-0.05, 0) is 62.5 Å². The number of benzene rings is 1. The molecule has 0 saturated heterocycles. The fourth-order valence-electron chi connectivity index (χ4n) is 3.29. The summed E-state index contributed by atoms with van der Waals surface area (Å²) >= 11 is 6.15.